The van der Waals surface area contributed by atoms with Crippen LogP contribution in [0.4, 0.5) is 13.2 Å². The van der Waals surface area contributed by atoms with Gasteiger partial charge in [0.25, 0.3) is 0 Å². The number of hydrogen-bond acceptors (Lipinski definition) is 0. The first-order valence-corrected chi connectivity index (χ1v) is 8.24. The lowest BCUT2D eigenvalue weighted by molar-refractivity contribution is -0.0359. The fourth-order valence-electron chi connectivity index (χ4n) is 2.26. The summed E-state index contributed by atoms with van der Waals surface area (Å²) in [5, 5.41) is 0. The number of aryl methyl sites for hydroxylation is 1. The quantitative estimate of drug-likeness (QED) is 0.642. The summed E-state index contributed by atoms with van der Waals surface area (Å²) < 4.78 is 40.1. The molecule has 0 aromatic heterocycles. The Bertz CT molecular complexity index is 507. The molecule has 5 heteroatoms. The Morgan fingerprint density at radius 2 is 1.83 bits per heavy atom. The van der Waals surface area contributed by atoms with E-state index in [1.807, 2.05) is 13.0 Å². The molecular formula is C13H14ClF3S. The van der Waals surface area contributed by atoms with Gasteiger partial charge in [0, 0.05) is 4.90 Å². The summed E-state index contributed by atoms with van der Waals surface area (Å²) in [7, 11) is 2.69. The third-order valence-electron chi connectivity index (χ3n) is 3.17. The molecule has 1 aliphatic heterocycles. The number of halogens is 4. The van der Waals surface area contributed by atoms with Crippen LogP contribution in [0.1, 0.15) is 31.4 Å². The van der Waals surface area contributed by atoms with Crippen LogP contribution in [0.2, 0.25) is 0 Å². The molecule has 0 N–H and O–H groups in total. The molecule has 100 valence electrons. The molecule has 0 saturated heterocycles. The Labute approximate surface area is 111 Å². The largest absolute Gasteiger partial charge is 0.445 e. The second-order valence-electron chi connectivity index (χ2n) is 4.13. The van der Waals surface area contributed by atoms with Crippen LogP contribution in [-0.2, 0) is 6.42 Å². The van der Waals surface area contributed by atoms with E-state index in [2.05, 4.69) is 0 Å². The summed E-state index contributed by atoms with van der Waals surface area (Å²) in [6.07, 6.45) is 2.68. The van der Waals surface area contributed by atoms with Crippen LogP contribution in [-0.4, -0.2) is 5.51 Å². The monoisotopic (exact) mass is 294 g/mol. The van der Waals surface area contributed by atoms with Gasteiger partial charge in [0.05, 0.1) is 0 Å². The Morgan fingerprint density at radius 1 is 1.17 bits per heavy atom. The number of rotatable bonds is 2. The van der Waals surface area contributed by atoms with E-state index in [4.69, 9.17) is 10.7 Å². The second-order valence-corrected chi connectivity index (χ2v) is 8.02. The molecule has 18 heavy (non-hydrogen) atoms. The van der Waals surface area contributed by atoms with E-state index in [0.29, 0.717) is 23.3 Å². The van der Waals surface area contributed by atoms with E-state index in [1.165, 1.54) is 6.07 Å². The van der Waals surface area contributed by atoms with Gasteiger partial charge in [-0.2, -0.15) is 13.2 Å². The minimum absolute atomic E-state index is 0.257. The zero-order valence-electron chi connectivity index (χ0n) is 10.1. The number of benzene rings is 1. The Kier molecular flexibility index (Phi) is 3.45. The third-order valence-corrected chi connectivity index (χ3v) is 7.52. The van der Waals surface area contributed by atoms with Gasteiger partial charge in [-0.15, -0.1) is 0 Å². The molecule has 0 spiro atoms. The van der Waals surface area contributed by atoms with Crippen molar-refractivity contribution in [1.29, 1.82) is 0 Å². The zero-order chi connectivity index (χ0) is 13.6. The van der Waals surface area contributed by atoms with E-state index in [1.54, 1.807) is 19.1 Å². The minimum Gasteiger partial charge on any atom is -0.160 e. The summed E-state index contributed by atoms with van der Waals surface area (Å²) in [6.45, 7) is 3.66. The lowest BCUT2D eigenvalue weighted by atomic mass is 10.0. The summed E-state index contributed by atoms with van der Waals surface area (Å²) >= 11 is 0. The summed E-state index contributed by atoms with van der Waals surface area (Å²) in [5.74, 6) is 0. The van der Waals surface area contributed by atoms with Crippen molar-refractivity contribution in [3.05, 3.63) is 34.2 Å². The molecule has 0 fully saturated rings. The van der Waals surface area contributed by atoms with E-state index < -0.39 is 14.7 Å². The predicted octanol–water partition coefficient (Wildman–Crippen LogP) is 5.85. The predicted molar refractivity (Wildman–Crippen MR) is 71.9 cm³/mol. The molecule has 0 nitrogen and oxygen atoms in total. The highest BCUT2D eigenvalue weighted by Gasteiger charge is 2.55. The van der Waals surface area contributed by atoms with E-state index in [9.17, 15) is 13.2 Å². The van der Waals surface area contributed by atoms with Gasteiger partial charge in [-0.1, -0.05) is 26.0 Å². The fourth-order valence-corrected chi connectivity index (χ4v) is 5.40. The molecule has 0 aliphatic carbocycles. The van der Waals surface area contributed by atoms with Gasteiger partial charge in [-0.05, 0) is 60.9 Å². The average Bonchev–Trinajstić information content (AvgIpc) is 2.63. The number of allylic oxidation sites excluding steroid dienone is 1. The molecule has 2 rings (SSSR count). The summed E-state index contributed by atoms with van der Waals surface area (Å²) in [4.78, 5) is 0.570. The highest BCUT2D eigenvalue weighted by Crippen LogP contribution is 2.80. The van der Waals surface area contributed by atoms with Gasteiger partial charge >= 0.3 is 5.51 Å². The maximum Gasteiger partial charge on any atom is 0.445 e. The van der Waals surface area contributed by atoms with Crippen molar-refractivity contribution >= 4 is 26.0 Å². The fraction of sp³-hybridized carbons (Fsp3) is 0.385. The summed E-state index contributed by atoms with van der Waals surface area (Å²) in [6, 6.07) is 5.05. The first kappa shape index (κ1) is 13.8. The standard InChI is InChI=1S/C13H14ClF3S/c1-3-9-6-5-7-12-11(9)8-10(4-2)18(12,14)13(15,16)17/h5-8H,3-4H2,1-2H3. The van der Waals surface area contributed by atoms with Crippen LogP contribution in [0.15, 0.2) is 28.0 Å². The number of hydrogen-bond donors (Lipinski definition) is 0. The molecule has 0 bridgehead atoms. The van der Waals surface area contributed by atoms with Gasteiger partial charge in [0.2, 0.25) is 0 Å². The van der Waals surface area contributed by atoms with Gasteiger partial charge in [-0.3, -0.25) is 0 Å². The van der Waals surface area contributed by atoms with Crippen molar-refractivity contribution < 1.29 is 13.2 Å². The average molecular weight is 295 g/mol. The van der Waals surface area contributed by atoms with Crippen LogP contribution in [0.3, 0.4) is 0 Å². The van der Waals surface area contributed by atoms with Crippen LogP contribution >= 0.6 is 19.9 Å². The van der Waals surface area contributed by atoms with Crippen molar-refractivity contribution in [3.8, 4) is 0 Å². The molecule has 1 unspecified atom stereocenters. The van der Waals surface area contributed by atoms with Gasteiger partial charge in [0.1, 0.15) is 0 Å². The smallest absolute Gasteiger partial charge is 0.160 e. The van der Waals surface area contributed by atoms with Crippen LogP contribution in [0, 0.1) is 0 Å². The van der Waals surface area contributed by atoms with Crippen LogP contribution < -0.4 is 0 Å². The highest BCUT2D eigenvalue weighted by molar-refractivity contribution is 8.54. The molecule has 1 atom stereocenters. The van der Waals surface area contributed by atoms with E-state index in [-0.39, 0.29) is 4.90 Å². The number of alkyl halides is 3. The topological polar surface area (TPSA) is 0 Å². The maximum atomic E-state index is 13.4. The molecule has 1 aromatic rings. The van der Waals surface area contributed by atoms with Crippen molar-refractivity contribution in [3.63, 3.8) is 0 Å². The van der Waals surface area contributed by atoms with Gasteiger partial charge < -0.3 is 0 Å². The Hall–Kier alpha value is -0.610. The van der Waals surface area contributed by atoms with Crippen LogP contribution in [0.25, 0.3) is 6.08 Å². The molecule has 0 radical (unpaired) electrons. The SMILES string of the molecule is CCC1=Cc2c(CC)cccc2S1(Cl)C(F)(F)F. The van der Waals surface area contributed by atoms with Crippen molar-refractivity contribution in [2.75, 3.05) is 0 Å². The minimum atomic E-state index is -4.39. The number of fused-ring (bicyclic) bond motifs is 1. The Balaban J connectivity index is 2.71. The lowest BCUT2D eigenvalue weighted by Crippen LogP contribution is -2.16. The van der Waals surface area contributed by atoms with Crippen molar-refractivity contribution in [2.24, 2.45) is 0 Å². The van der Waals surface area contributed by atoms with E-state index >= 15 is 0 Å². The van der Waals surface area contributed by atoms with Crippen LogP contribution in [0.5, 0.6) is 0 Å². The second kappa shape index (κ2) is 4.49. The lowest BCUT2D eigenvalue weighted by Gasteiger charge is -2.34. The van der Waals surface area contributed by atoms with Gasteiger partial charge in [0.15, 0.2) is 0 Å². The van der Waals surface area contributed by atoms with Crippen molar-refractivity contribution in [1.82, 2.24) is 0 Å². The van der Waals surface area contributed by atoms with Crippen molar-refractivity contribution in [2.45, 2.75) is 37.1 Å². The molecule has 1 aliphatic rings. The van der Waals surface area contributed by atoms with E-state index in [0.717, 1.165) is 5.56 Å². The maximum absolute atomic E-state index is 13.4. The first-order chi connectivity index (χ1) is 8.36. The normalized spacial score (nSPS) is 26.4. The molecule has 0 amide bonds. The molecule has 1 aromatic carbocycles. The first-order valence-electron chi connectivity index (χ1n) is 5.78. The Morgan fingerprint density at radius 3 is 2.33 bits per heavy atom. The summed E-state index contributed by atoms with van der Waals surface area (Å²) in [5.41, 5.74) is -2.79. The van der Waals surface area contributed by atoms with Gasteiger partial charge in [-0.25, -0.2) is 0 Å². The molecule has 0 saturated carbocycles. The molecular weight excluding hydrogens is 281 g/mol. The third kappa shape index (κ3) is 1.77. The zero-order valence-corrected chi connectivity index (χ0v) is 11.7. The molecule has 1 heterocycles. The highest BCUT2D eigenvalue weighted by atomic mass is 35.7.